The van der Waals surface area contributed by atoms with Crippen LogP contribution in [0.15, 0.2) is 12.2 Å². The number of aliphatic hydroxyl groups excluding tert-OH is 2. The van der Waals surface area contributed by atoms with E-state index in [0.717, 1.165) is 57.8 Å². The molecule has 0 saturated heterocycles. The van der Waals surface area contributed by atoms with Crippen molar-refractivity contribution in [2.24, 2.45) is 0 Å². The highest BCUT2D eigenvalue weighted by Gasteiger charge is 2.27. The molecule has 10 nitrogen and oxygen atoms in total. The molecule has 0 aliphatic rings. The van der Waals surface area contributed by atoms with Gasteiger partial charge in [0.15, 0.2) is 6.10 Å². The first-order valence-electron chi connectivity index (χ1n) is 22.1. The summed E-state index contributed by atoms with van der Waals surface area (Å²) in [6.45, 7) is 2.38. The Morgan fingerprint density at radius 1 is 0.537 bits per heavy atom. The fraction of sp³-hybridized carbons (Fsp3) is 0.907. The summed E-state index contributed by atoms with van der Waals surface area (Å²) < 4.78 is 32.7. The molecule has 1 unspecified atom stereocenters. The maximum Gasteiger partial charge on any atom is 0.472 e. The number of allylic oxidation sites excluding steroid dienone is 2. The largest absolute Gasteiger partial charge is 0.472 e. The number of hydrogen-bond acceptors (Lipinski definition) is 9. The molecule has 0 bridgehead atoms. The van der Waals surface area contributed by atoms with Gasteiger partial charge < -0.3 is 24.6 Å². The van der Waals surface area contributed by atoms with Crippen molar-refractivity contribution in [1.29, 1.82) is 0 Å². The predicted octanol–water partition coefficient (Wildman–Crippen LogP) is 11.6. The van der Waals surface area contributed by atoms with E-state index in [1.807, 2.05) is 0 Å². The number of carbonyl (C=O) groups excluding carboxylic acids is 2. The second-order valence-corrected chi connectivity index (χ2v) is 16.5. The van der Waals surface area contributed by atoms with E-state index in [2.05, 4.69) is 30.5 Å². The molecule has 3 N–H and O–H groups in total. The molecular weight excluding hydrogens is 707 g/mol. The minimum atomic E-state index is -4.61. The van der Waals surface area contributed by atoms with Crippen LogP contribution in [0.3, 0.4) is 0 Å². The van der Waals surface area contributed by atoms with Crippen LogP contribution in [0.25, 0.3) is 0 Å². The lowest BCUT2D eigenvalue weighted by Crippen LogP contribution is -2.29. The van der Waals surface area contributed by atoms with Gasteiger partial charge in [-0.05, 0) is 38.5 Å². The van der Waals surface area contributed by atoms with E-state index in [1.54, 1.807) is 0 Å². The van der Waals surface area contributed by atoms with Crippen LogP contribution >= 0.6 is 7.82 Å². The molecule has 0 spiro atoms. The van der Waals surface area contributed by atoms with Crippen molar-refractivity contribution in [3.8, 4) is 0 Å². The monoisotopic (exact) mass is 791 g/mol. The first-order valence-corrected chi connectivity index (χ1v) is 23.6. The van der Waals surface area contributed by atoms with Crippen molar-refractivity contribution in [2.45, 2.75) is 225 Å². The number of phosphoric acid groups is 1. The molecule has 11 heteroatoms. The number of rotatable bonds is 42. The van der Waals surface area contributed by atoms with Crippen molar-refractivity contribution in [2.75, 3.05) is 26.4 Å². The Bertz CT molecular complexity index is 915. The van der Waals surface area contributed by atoms with E-state index in [1.165, 1.54) is 116 Å². The van der Waals surface area contributed by atoms with E-state index in [-0.39, 0.29) is 19.4 Å². The van der Waals surface area contributed by atoms with Crippen molar-refractivity contribution in [1.82, 2.24) is 0 Å². The molecule has 3 atom stereocenters. The number of hydrogen-bond donors (Lipinski definition) is 3. The first kappa shape index (κ1) is 52.7. The summed E-state index contributed by atoms with van der Waals surface area (Å²) in [7, 11) is -4.61. The van der Waals surface area contributed by atoms with Crippen LogP contribution in [0.4, 0.5) is 0 Å². The molecule has 0 rings (SSSR count). The van der Waals surface area contributed by atoms with Crippen molar-refractivity contribution >= 4 is 19.8 Å². The van der Waals surface area contributed by atoms with Gasteiger partial charge in [0.2, 0.25) is 0 Å². The fourth-order valence-corrected chi connectivity index (χ4v) is 7.01. The van der Waals surface area contributed by atoms with Crippen LogP contribution in [0.2, 0.25) is 0 Å². The second kappa shape index (κ2) is 39.9. The zero-order chi connectivity index (χ0) is 39.8. The third kappa shape index (κ3) is 39.0. The molecule has 0 aromatic rings. The Morgan fingerprint density at radius 2 is 0.907 bits per heavy atom. The average molecular weight is 791 g/mol. The van der Waals surface area contributed by atoms with E-state index in [0.29, 0.717) is 12.8 Å². The van der Waals surface area contributed by atoms with Gasteiger partial charge in [-0.3, -0.25) is 18.6 Å². The summed E-state index contributed by atoms with van der Waals surface area (Å²) in [4.78, 5) is 35.0. The lowest BCUT2D eigenvalue weighted by atomic mass is 10.0. The number of carbonyl (C=O) groups is 2. The van der Waals surface area contributed by atoms with Crippen LogP contribution in [0.5, 0.6) is 0 Å². The number of ether oxygens (including phenoxy) is 2. The molecule has 0 radical (unpaired) electrons. The van der Waals surface area contributed by atoms with E-state index >= 15 is 0 Å². The summed E-state index contributed by atoms with van der Waals surface area (Å²) in [5.74, 6) is -0.924. The Labute approximate surface area is 330 Å². The summed E-state index contributed by atoms with van der Waals surface area (Å²) in [6, 6.07) is 0. The molecule has 0 heterocycles. The van der Waals surface area contributed by atoms with Gasteiger partial charge in [-0.1, -0.05) is 174 Å². The molecule has 0 amide bonds. The summed E-state index contributed by atoms with van der Waals surface area (Å²) in [6.07, 6.45) is 37.5. The highest BCUT2D eigenvalue weighted by atomic mass is 31.2. The molecule has 54 heavy (non-hydrogen) atoms. The molecule has 320 valence electrons. The second-order valence-electron chi connectivity index (χ2n) is 15.1. The smallest absolute Gasteiger partial charge is 0.462 e. The molecule has 0 aromatic heterocycles. The number of unbranched alkanes of at least 4 members (excludes halogenated alkanes) is 26. The van der Waals surface area contributed by atoms with Gasteiger partial charge in [0.1, 0.15) is 12.7 Å². The van der Waals surface area contributed by atoms with Gasteiger partial charge in [-0.2, -0.15) is 0 Å². The van der Waals surface area contributed by atoms with Gasteiger partial charge >= 0.3 is 19.8 Å². The number of phosphoric ester groups is 1. The van der Waals surface area contributed by atoms with Crippen molar-refractivity contribution < 1.29 is 47.8 Å². The van der Waals surface area contributed by atoms with Gasteiger partial charge in [0, 0.05) is 12.8 Å². The molecular formula is C43H83O10P. The van der Waals surface area contributed by atoms with Crippen LogP contribution in [0.1, 0.15) is 213 Å². The van der Waals surface area contributed by atoms with Gasteiger partial charge in [-0.15, -0.1) is 0 Å². The summed E-state index contributed by atoms with van der Waals surface area (Å²) in [5.41, 5.74) is 0. The Morgan fingerprint density at radius 3 is 1.35 bits per heavy atom. The summed E-state index contributed by atoms with van der Waals surface area (Å²) in [5, 5.41) is 18.3. The lowest BCUT2D eigenvalue weighted by molar-refractivity contribution is -0.161. The zero-order valence-electron chi connectivity index (χ0n) is 34.7. The van der Waals surface area contributed by atoms with E-state index < -0.39 is 51.8 Å². The maximum atomic E-state index is 12.6. The molecule has 0 aliphatic carbocycles. The van der Waals surface area contributed by atoms with Gasteiger partial charge in [-0.25, -0.2) is 4.57 Å². The average Bonchev–Trinajstić information content (AvgIpc) is 3.16. The molecule has 0 fully saturated rings. The summed E-state index contributed by atoms with van der Waals surface area (Å²) >= 11 is 0. The van der Waals surface area contributed by atoms with E-state index in [9.17, 15) is 24.2 Å². The predicted molar refractivity (Wildman–Crippen MR) is 219 cm³/mol. The van der Waals surface area contributed by atoms with Crippen LogP contribution in [-0.4, -0.2) is 65.7 Å². The lowest BCUT2D eigenvalue weighted by Gasteiger charge is -2.20. The maximum absolute atomic E-state index is 12.6. The number of aliphatic hydroxyl groups is 2. The Balaban J connectivity index is 4.23. The highest BCUT2D eigenvalue weighted by Crippen LogP contribution is 2.43. The van der Waals surface area contributed by atoms with Crippen LogP contribution in [0, 0.1) is 0 Å². The third-order valence-corrected chi connectivity index (χ3v) is 10.6. The molecule has 0 aromatic carbocycles. The molecule has 0 saturated carbocycles. The number of esters is 2. The van der Waals surface area contributed by atoms with E-state index in [4.69, 9.17) is 19.1 Å². The van der Waals surface area contributed by atoms with Gasteiger partial charge in [0.25, 0.3) is 0 Å². The Hall–Kier alpha value is -1.29. The van der Waals surface area contributed by atoms with Crippen LogP contribution < -0.4 is 0 Å². The first-order chi connectivity index (χ1) is 26.2. The molecule has 0 aliphatic heterocycles. The zero-order valence-corrected chi connectivity index (χ0v) is 35.6. The van der Waals surface area contributed by atoms with Crippen molar-refractivity contribution in [3.63, 3.8) is 0 Å². The SMILES string of the molecule is CCCCCC/C=C/CCCCCCCC(=O)O[C@@H](COC(=O)CCCCCCCCCCCCCCCCCCCC)COP(=O)(O)OC[C@H](O)CO. The minimum Gasteiger partial charge on any atom is -0.462 e. The minimum absolute atomic E-state index is 0.178. The Kier molecular flexibility index (Phi) is 39.0. The van der Waals surface area contributed by atoms with Crippen LogP contribution in [-0.2, 0) is 32.7 Å². The fourth-order valence-electron chi connectivity index (χ4n) is 6.22. The quantitative estimate of drug-likeness (QED) is 0.0236. The van der Waals surface area contributed by atoms with Crippen molar-refractivity contribution in [3.05, 3.63) is 12.2 Å². The highest BCUT2D eigenvalue weighted by molar-refractivity contribution is 7.47. The standard InChI is InChI=1S/C43H83O10P/c1-3-5-7-9-11-13-15-17-18-19-20-21-23-24-26-28-30-32-34-42(46)50-38-41(39-52-54(48,49)51-37-40(45)36-44)53-43(47)35-33-31-29-27-25-22-16-14-12-10-8-6-4-2/h14,16,40-41,44-45H,3-13,15,17-39H2,1-2H3,(H,48,49)/b16-14+/t40-,41+/m1/s1. The van der Waals surface area contributed by atoms with Gasteiger partial charge in [0.05, 0.1) is 19.8 Å². The third-order valence-electron chi connectivity index (χ3n) is 9.67. The normalized spacial score (nSPS) is 13.9. The topological polar surface area (TPSA) is 149 Å².